The van der Waals surface area contributed by atoms with Crippen molar-refractivity contribution >= 4 is 16.9 Å². The van der Waals surface area contributed by atoms with Gasteiger partial charge in [0.1, 0.15) is 5.82 Å². The molecule has 0 aliphatic rings. The minimum atomic E-state index is 0.0538. The number of hydrogen-bond acceptors (Lipinski definition) is 4. The molecular formula is C39H65N5O. The lowest BCUT2D eigenvalue weighted by molar-refractivity contribution is 0.0735. The topological polar surface area (TPSA) is 53.4 Å². The number of imidazole rings is 1. The SMILES string of the molecule is C/C=C\C.C=C(CCN(C)CCC)Cn1c(CN(CCCC)C(=O)c2ccc(CNC)cc2)nc2ccccc21.CC.CCC. The number of carbonyl (C=O) groups is 1. The molecular weight excluding hydrogens is 554 g/mol. The third-order valence-corrected chi connectivity index (χ3v) is 6.88. The van der Waals surface area contributed by atoms with Crippen molar-refractivity contribution in [2.24, 2.45) is 0 Å². The Kier molecular flexibility index (Phi) is 24.2. The van der Waals surface area contributed by atoms with Crippen molar-refractivity contribution in [2.75, 3.05) is 33.7 Å². The van der Waals surface area contributed by atoms with Gasteiger partial charge >= 0.3 is 0 Å². The van der Waals surface area contributed by atoms with Crippen molar-refractivity contribution < 1.29 is 4.79 Å². The molecule has 0 radical (unpaired) electrons. The van der Waals surface area contributed by atoms with Crippen LogP contribution in [0.25, 0.3) is 11.0 Å². The molecule has 45 heavy (non-hydrogen) atoms. The Balaban J connectivity index is 0.00000192. The second kappa shape index (κ2) is 26.0. The molecule has 1 amide bonds. The van der Waals surface area contributed by atoms with Gasteiger partial charge in [0.2, 0.25) is 0 Å². The molecule has 0 fully saturated rings. The summed E-state index contributed by atoms with van der Waals surface area (Å²) in [5.74, 6) is 0.966. The van der Waals surface area contributed by atoms with Crippen molar-refractivity contribution in [3.05, 3.63) is 89.8 Å². The summed E-state index contributed by atoms with van der Waals surface area (Å²) in [5.41, 5.74) is 5.11. The van der Waals surface area contributed by atoms with Gasteiger partial charge in [-0.25, -0.2) is 4.98 Å². The zero-order valence-corrected chi connectivity index (χ0v) is 30.5. The first-order valence-corrected chi connectivity index (χ1v) is 17.2. The lowest BCUT2D eigenvalue weighted by Crippen LogP contribution is -2.33. The first-order valence-electron chi connectivity index (χ1n) is 17.2. The molecule has 0 unspecified atom stereocenters. The number of unbranched alkanes of at least 4 members (excludes halogenated alkanes) is 1. The predicted octanol–water partition coefficient (Wildman–Crippen LogP) is 9.51. The van der Waals surface area contributed by atoms with Gasteiger partial charge in [0, 0.05) is 31.7 Å². The summed E-state index contributed by atoms with van der Waals surface area (Å²) in [7, 11) is 4.09. The monoisotopic (exact) mass is 620 g/mol. The minimum absolute atomic E-state index is 0.0538. The molecule has 252 valence electrons. The number of nitrogens with zero attached hydrogens (tertiary/aromatic N) is 4. The van der Waals surface area contributed by atoms with Crippen LogP contribution < -0.4 is 5.32 Å². The minimum Gasteiger partial charge on any atom is -0.331 e. The molecule has 3 aromatic rings. The number of carbonyl (C=O) groups excluding carboxylic acids is 1. The van der Waals surface area contributed by atoms with Gasteiger partial charge in [-0.2, -0.15) is 0 Å². The zero-order chi connectivity index (χ0) is 34.0. The zero-order valence-electron chi connectivity index (χ0n) is 30.5. The molecule has 0 bridgehead atoms. The summed E-state index contributed by atoms with van der Waals surface area (Å²) in [6.45, 7) is 25.8. The summed E-state index contributed by atoms with van der Waals surface area (Å²) in [4.78, 5) is 22.8. The maximum atomic E-state index is 13.6. The first-order chi connectivity index (χ1) is 21.8. The van der Waals surface area contributed by atoms with Crippen molar-refractivity contribution in [1.29, 1.82) is 0 Å². The van der Waals surface area contributed by atoms with Crippen LogP contribution in [0.2, 0.25) is 0 Å². The average molecular weight is 620 g/mol. The Bertz CT molecular complexity index is 1210. The van der Waals surface area contributed by atoms with Crippen LogP contribution in [0.1, 0.15) is 109 Å². The van der Waals surface area contributed by atoms with Crippen molar-refractivity contribution in [3.8, 4) is 0 Å². The maximum absolute atomic E-state index is 13.6. The van der Waals surface area contributed by atoms with Crippen LogP contribution in [-0.2, 0) is 19.6 Å². The van der Waals surface area contributed by atoms with Crippen LogP contribution in [-0.4, -0.2) is 59.0 Å². The molecule has 0 aliphatic heterocycles. The molecule has 6 heteroatoms. The first kappa shape index (κ1) is 41.8. The van der Waals surface area contributed by atoms with Crippen molar-refractivity contribution in [3.63, 3.8) is 0 Å². The van der Waals surface area contributed by atoms with Gasteiger partial charge in [-0.15, -0.1) is 0 Å². The van der Waals surface area contributed by atoms with Gasteiger partial charge in [0.25, 0.3) is 5.91 Å². The quantitative estimate of drug-likeness (QED) is 0.172. The molecule has 0 saturated heterocycles. The molecule has 0 atom stereocenters. The normalized spacial score (nSPS) is 10.5. The predicted molar refractivity (Wildman–Crippen MR) is 198 cm³/mol. The highest BCUT2D eigenvalue weighted by molar-refractivity contribution is 5.94. The van der Waals surface area contributed by atoms with Gasteiger partial charge in [0.15, 0.2) is 0 Å². The van der Waals surface area contributed by atoms with E-state index in [1.807, 2.05) is 88.2 Å². The Hall–Kier alpha value is -3.22. The molecule has 1 N–H and O–H groups in total. The van der Waals surface area contributed by atoms with E-state index in [-0.39, 0.29) is 5.91 Å². The highest BCUT2D eigenvalue weighted by Crippen LogP contribution is 2.21. The summed E-state index contributed by atoms with van der Waals surface area (Å²) in [5, 5.41) is 3.16. The van der Waals surface area contributed by atoms with Crippen LogP contribution in [0.5, 0.6) is 0 Å². The second-order valence-electron chi connectivity index (χ2n) is 11.1. The van der Waals surface area contributed by atoms with Crippen LogP contribution >= 0.6 is 0 Å². The second-order valence-corrected chi connectivity index (χ2v) is 11.1. The van der Waals surface area contributed by atoms with E-state index in [1.54, 1.807) is 0 Å². The third-order valence-electron chi connectivity index (χ3n) is 6.88. The lowest BCUT2D eigenvalue weighted by Gasteiger charge is -2.23. The Labute approximate surface area is 276 Å². The third kappa shape index (κ3) is 16.1. The number of allylic oxidation sites excluding steroid dienone is 2. The number of nitrogens with one attached hydrogen (secondary N) is 1. The van der Waals surface area contributed by atoms with Crippen molar-refractivity contribution in [2.45, 2.75) is 107 Å². The summed E-state index contributed by atoms with van der Waals surface area (Å²) < 4.78 is 2.25. The number of benzene rings is 2. The molecule has 1 heterocycles. The largest absolute Gasteiger partial charge is 0.331 e. The lowest BCUT2D eigenvalue weighted by atomic mass is 10.1. The Morgan fingerprint density at radius 3 is 2.11 bits per heavy atom. The van der Waals surface area contributed by atoms with Gasteiger partial charge in [-0.05, 0) is 83.6 Å². The van der Waals surface area contributed by atoms with Crippen LogP contribution in [0.15, 0.2) is 72.8 Å². The maximum Gasteiger partial charge on any atom is 0.254 e. The van der Waals surface area contributed by atoms with E-state index in [2.05, 4.69) is 68.2 Å². The van der Waals surface area contributed by atoms with E-state index < -0.39 is 0 Å². The van der Waals surface area contributed by atoms with Crippen LogP contribution in [0, 0.1) is 0 Å². The number of fused-ring (bicyclic) bond motifs is 1. The summed E-state index contributed by atoms with van der Waals surface area (Å²) >= 11 is 0. The molecule has 0 aliphatic carbocycles. The standard InChI is InChI=1S/C30H43N5O.C4H8.C3H8.C2H6/c1-6-8-19-34(30(36)26-15-13-25(14-16-26)21-31-4)23-29-32-27-11-9-10-12-28(27)35(29)22-24(3)17-20-33(5)18-7-2;1-3-4-2;1-3-2;1-2/h9-16,31H,3,6-8,17-23H2,1-2,4-5H3;3-4H,1-2H3;3H2,1-2H3;1-2H3/b;4-3-;;. The molecule has 0 spiro atoms. The van der Waals surface area contributed by atoms with E-state index in [9.17, 15) is 4.79 Å². The van der Waals surface area contributed by atoms with Gasteiger partial charge < -0.3 is 19.7 Å². The fraction of sp³-hybridized carbons (Fsp3) is 0.538. The number of hydrogen-bond donors (Lipinski definition) is 1. The van der Waals surface area contributed by atoms with E-state index in [1.165, 1.54) is 17.6 Å². The molecule has 1 aromatic heterocycles. The Morgan fingerprint density at radius 2 is 1.56 bits per heavy atom. The number of amides is 1. The molecule has 3 rings (SSSR count). The highest BCUT2D eigenvalue weighted by atomic mass is 16.2. The summed E-state index contributed by atoms with van der Waals surface area (Å²) in [6.07, 6.45) is 9.34. The smallest absolute Gasteiger partial charge is 0.254 e. The van der Waals surface area contributed by atoms with E-state index in [0.717, 1.165) is 67.7 Å². The van der Waals surface area contributed by atoms with Crippen LogP contribution in [0.3, 0.4) is 0 Å². The fourth-order valence-corrected chi connectivity index (χ4v) is 4.49. The van der Waals surface area contributed by atoms with Gasteiger partial charge in [0.05, 0.1) is 17.6 Å². The average Bonchev–Trinajstić information content (AvgIpc) is 3.40. The van der Waals surface area contributed by atoms with E-state index in [4.69, 9.17) is 4.98 Å². The van der Waals surface area contributed by atoms with Crippen molar-refractivity contribution in [1.82, 2.24) is 24.7 Å². The molecule has 0 saturated carbocycles. The van der Waals surface area contributed by atoms with E-state index in [0.29, 0.717) is 19.6 Å². The van der Waals surface area contributed by atoms with E-state index >= 15 is 0 Å². The number of para-hydroxylation sites is 2. The van der Waals surface area contributed by atoms with Gasteiger partial charge in [-0.1, -0.05) is 103 Å². The highest BCUT2D eigenvalue weighted by Gasteiger charge is 2.20. The number of rotatable bonds is 15. The Morgan fingerprint density at radius 1 is 0.933 bits per heavy atom. The summed E-state index contributed by atoms with van der Waals surface area (Å²) in [6, 6.07) is 16.1. The number of aromatic nitrogens is 2. The van der Waals surface area contributed by atoms with Gasteiger partial charge in [-0.3, -0.25) is 4.79 Å². The fourth-order valence-electron chi connectivity index (χ4n) is 4.49. The molecule has 6 nitrogen and oxygen atoms in total. The molecule has 2 aromatic carbocycles. The van der Waals surface area contributed by atoms with Crippen LogP contribution in [0.4, 0.5) is 0 Å².